The van der Waals surface area contributed by atoms with Crippen LogP contribution in [0.25, 0.3) is 0 Å². The van der Waals surface area contributed by atoms with E-state index in [9.17, 15) is 14.4 Å². The molecular weight excluding hydrogens is 264 g/mol. The number of carbonyl (C=O) groups excluding carboxylic acids is 3. The van der Waals surface area contributed by atoms with E-state index >= 15 is 0 Å². The summed E-state index contributed by atoms with van der Waals surface area (Å²) in [6.45, 7) is 2.63. The largest absolute Gasteiger partial charge is 0.465 e. The number of hydrogen-bond acceptors (Lipinski definition) is 6. The number of hydrogen-bond donors (Lipinski definition) is 0. The van der Waals surface area contributed by atoms with Gasteiger partial charge in [-0.25, -0.2) is 4.79 Å². The molecule has 1 rings (SSSR count). The highest BCUT2D eigenvalue weighted by molar-refractivity contribution is 5.91. The number of methoxy groups -OCH3 is 1. The van der Waals surface area contributed by atoms with E-state index in [1.54, 1.807) is 18.2 Å². The van der Waals surface area contributed by atoms with Gasteiger partial charge in [0.05, 0.1) is 12.7 Å². The second-order valence-electron chi connectivity index (χ2n) is 4.04. The Bertz CT molecular complexity index is 520. The van der Waals surface area contributed by atoms with Gasteiger partial charge in [0.25, 0.3) is 0 Å². The van der Waals surface area contributed by atoms with Gasteiger partial charge in [-0.2, -0.15) is 0 Å². The number of benzene rings is 1. The zero-order valence-corrected chi connectivity index (χ0v) is 11.6. The van der Waals surface area contributed by atoms with Crippen LogP contribution in [0.1, 0.15) is 35.3 Å². The van der Waals surface area contributed by atoms with E-state index in [2.05, 4.69) is 4.74 Å². The molecule has 1 aromatic carbocycles. The molecule has 0 amide bonds. The SMILES string of the molecule is COC(=O)c1ccc(COC(C)=O)cc1COC(C)=O. The fraction of sp³-hybridized carbons (Fsp3) is 0.357. The van der Waals surface area contributed by atoms with E-state index in [1.807, 2.05) is 0 Å². The molecule has 20 heavy (non-hydrogen) atoms. The van der Waals surface area contributed by atoms with E-state index in [-0.39, 0.29) is 13.2 Å². The molecule has 1 aromatic rings. The third-order valence-electron chi connectivity index (χ3n) is 2.45. The Balaban J connectivity index is 2.97. The van der Waals surface area contributed by atoms with Crippen molar-refractivity contribution >= 4 is 17.9 Å². The standard InChI is InChI=1S/C14H16O6/c1-9(15)19-7-11-4-5-13(14(17)18-3)12(6-11)8-20-10(2)16/h4-6H,7-8H2,1-3H3. The minimum atomic E-state index is -0.522. The van der Waals surface area contributed by atoms with Crippen LogP contribution in [-0.4, -0.2) is 25.0 Å². The van der Waals surface area contributed by atoms with Crippen molar-refractivity contribution in [2.45, 2.75) is 27.1 Å². The van der Waals surface area contributed by atoms with Crippen molar-refractivity contribution in [1.29, 1.82) is 0 Å². The molecule has 0 heterocycles. The van der Waals surface area contributed by atoms with Gasteiger partial charge in [0, 0.05) is 19.4 Å². The van der Waals surface area contributed by atoms with E-state index in [0.717, 1.165) is 0 Å². The Morgan fingerprint density at radius 2 is 1.60 bits per heavy atom. The molecule has 6 heteroatoms. The summed E-state index contributed by atoms with van der Waals surface area (Å²) in [7, 11) is 1.27. The van der Waals surface area contributed by atoms with Crippen molar-refractivity contribution in [2.75, 3.05) is 7.11 Å². The van der Waals surface area contributed by atoms with Crippen LogP contribution >= 0.6 is 0 Å². The van der Waals surface area contributed by atoms with Crippen molar-refractivity contribution in [1.82, 2.24) is 0 Å². The first-order valence-electron chi connectivity index (χ1n) is 5.91. The Kier molecular flexibility index (Phi) is 5.71. The minimum absolute atomic E-state index is 0.0479. The van der Waals surface area contributed by atoms with Crippen molar-refractivity contribution in [2.24, 2.45) is 0 Å². The summed E-state index contributed by atoms with van der Waals surface area (Å²) in [4.78, 5) is 33.2. The number of rotatable bonds is 5. The van der Waals surface area contributed by atoms with Crippen LogP contribution in [-0.2, 0) is 37.0 Å². The topological polar surface area (TPSA) is 78.9 Å². The van der Waals surface area contributed by atoms with Crippen molar-refractivity contribution in [3.8, 4) is 0 Å². The highest BCUT2D eigenvalue weighted by Gasteiger charge is 2.14. The molecule has 0 N–H and O–H groups in total. The molecule has 0 aliphatic carbocycles. The van der Waals surface area contributed by atoms with Crippen LogP contribution in [0, 0.1) is 0 Å². The smallest absolute Gasteiger partial charge is 0.338 e. The van der Waals surface area contributed by atoms with E-state index < -0.39 is 17.9 Å². The summed E-state index contributed by atoms with van der Waals surface area (Å²) >= 11 is 0. The zero-order chi connectivity index (χ0) is 15.1. The second-order valence-corrected chi connectivity index (χ2v) is 4.04. The second kappa shape index (κ2) is 7.28. The van der Waals surface area contributed by atoms with E-state index in [4.69, 9.17) is 9.47 Å². The van der Waals surface area contributed by atoms with Gasteiger partial charge in [-0.1, -0.05) is 6.07 Å². The molecule has 0 atom stereocenters. The highest BCUT2D eigenvalue weighted by Crippen LogP contribution is 2.16. The summed E-state index contributed by atoms with van der Waals surface area (Å²) in [5.41, 5.74) is 1.49. The summed E-state index contributed by atoms with van der Waals surface area (Å²) in [5, 5.41) is 0. The maximum atomic E-state index is 11.6. The van der Waals surface area contributed by atoms with Gasteiger partial charge < -0.3 is 14.2 Å². The summed E-state index contributed by atoms with van der Waals surface area (Å²) in [6, 6.07) is 4.83. The molecule has 0 aliphatic rings. The van der Waals surface area contributed by atoms with Gasteiger partial charge in [-0.3, -0.25) is 9.59 Å². The first-order valence-corrected chi connectivity index (χ1v) is 5.91. The molecular formula is C14H16O6. The third kappa shape index (κ3) is 4.72. The normalized spacial score (nSPS) is 9.75. The minimum Gasteiger partial charge on any atom is -0.465 e. The molecule has 0 fully saturated rings. The van der Waals surface area contributed by atoms with E-state index in [0.29, 0.717) is 16.7 Å². The van der Waals surface area contributed by atoms with Crippen LogP contribution in [0.4, 0.5) is 0 Å². The summed E-state index contributed by atoms with van der Waals surface area (Å²) < 4.78 is 14.4. The molecule has 0 aromatic heterocycles. The number of carbonyl (C=O) groups is 3. The van der Waals surface area contributed by atoms with Gasteiger partial charge in [-0.15, -0.1) is 0 Å². The Morgan fingerprint density at radius 1 is 1.00 bits per heavy atom. The lowest BCUT2D eigenvalue weighted by molar-refractivity contribution is -0.142. The molecule has 0 saturated heterocycles. The first-order chi connectivity index (χ1) is 9.43. The summed E-state index contributed by atoms with van der Waals surface area (Å²) in [5.74, 6) is -1.37. The molecule has 0 spiro atoms. The maximum absolute atomic E-state index is 11.6. The van der Waals surface area contributed by atoms with Crippen molar-refractivity contribution in [3.05, 3.63) is 34.9 Å². The van der Waals surface area contributed by atoms with Gasteiger partial charge in [0.15, 0.2) is 0 Å². The zero-order valence-electron chi connectivity index (χ0n) is 11.6. The number of ether oxygens (including phenoxy) is 3. The van der Waals surface area contributed by atoms with Crippen LogP contribution in [0.2, 0.25) is 0 Å². The van der Waals surface area contributed by atoms with Crippen LogP contribution in [0.3, 0.4) is 0 Å². The fourth-order valence-corrected chi connectivity index (χ4v) is 1.53. The quantitative estimate of drug-likeness (QED) is 0.602. The lowest BCUT2D eigenvalue weighted by Gasteiger charge is -2.10. The average molecular weight is 280 g/mol. The van der Waals surface area contributed by atoms with Gasteiger partial charge in [-0.05, 0) is 17.7 Å². The lowest BCUT2D eigenvalue weighted by atomic mass is 10.0. The molecule has 0 aliphatic heterocycles. The molecule has 0 bridgehead atoms. The van der Waals surface area contributed by atoms with Crippen LogP contribution in [0.5, 0.6) is 0 Å². The predicted molar refractivity (Wildman–Crippen MR) is 68.7 cm³/mol. The maximum Gasteiger partial charge on any atom is 0.338 e. The predicted octanol–water partition coefficient (Wildman–Crippen LogP) is 1.60. The van der Waals surface area contributed by atoms with Gasteiger partial charge >= 0.3 is 17.9 Å². The Labute approximate surface area is 116 Å². The average Bonchev–Trinajstić information content (AvgIpc) is 2.42. The summed E-state index contributed by atoms with van der Waals surface area (Å²) in [6.07, 6.45) is 0. The fourth-order valence-electron chi connectivity index (χ4n) is 1.53. The molecule has 0 radical (unpaired) electrons. The van der Waals surface area contributed by atoms with Gasteiger partial charge in [0.2, 0.25) is 0 Å². The van der Waals surface area contributed by atoms with E-state index in [1.165, 1.54) is 21.0 Å². The van der Waals surface area contributed by atoms with Crippen molar-refractivity contribution < 1.29 is 28.6 Å². The van der Waals surface area contributed by atoms with Crippen LogP contribution in [0.15, 0.2) is 18.2 Å². The Hall–Kier alpha value is -2.37. The first kappa shape index (κ1) is 15.7. The van der Waals surface area contributed by atoms with Crippen molar-refractivity contribution in [3.63, 3.8) is 0 Å². The Morgan fingerprint density at radius 3 is 2.15 bits per heavy atom. The highest BCUT2D eigenvalue weighted by atomic mass is 16.5. The molecule has 6 nitrogen and oxygen atoms in total. The lowest BCUT2D eigenvalue weighted by Crippen LogP contribution is -2.09. The number of esters is 3. The molecule has 108 valence electrons. The monoisotopic (exact) mass is 280 g/mol. The third-order valence-corrected chi connectivity index (χ3v) is 2.45. The van der Waals surface area contributed by atoms with Crippen LogP contribution < -0.4 is 0 Å². The van der Waals surface area contributed by atoms with Gasteiger partial charge in [0.1, 0.15) is 13.2 Å². The molecule has 0 saturated carbocycles. The molecule has 0 unspecified atom stereocenters.